The number of carboxylic acids is 1. The van der Waals surface area contributed by atoms with Crippen LogP contribution in [-0.2, 0) is 10.0 Å². The first-order valence-corrected chi connectivity index (χ1v) is 8.02. The lowest BCUT2D eigenvalue weighted by molar-refractivity contribution is -0.255. The SMILES string of the molecule is COc1cc(NS(=O)(=O)c2ccc(F)c(C(=O)[O-])c2)cc(OC)c1. The Morgan fingerprint density at radius 2 is 1.67 bits per heavy atom. The molecule has 2 rings (SSSR count). The molecule has 0 unspecified atom stereocenters. The van der Waals surface area contributed by atoms with E-state index in [1.54, 1.807) is 6.07 Å². The maximum atomic E-state index is 13.4. The molecule has 0 heterocycles. The van der Waals surface area contributed by atoms with Crippen molar-refractivity contribution in [2.45, 2.75) is 4.90 Å². The van der Waals surface area contributed by atoms with Gasteiger partial charge in [-0.2, -0.15) is 0 Å². The highest BCUT2D eigenvalue weighted by Crippen LogP contribution is 2.27. The fraction of sp³-hybridized carbons (Fsp3) is 0.133. The highest BCUT2D eigenvalue weighted by Gasteiger charge is 2.18. The number of aromatic carboxylic acids is 1. The third kappa shape index (κ3) is 3.74. The van der Waals surface area contributed by atoms with Crippen LogP contribution in [0.5, 0.6) is 11.5 Å². The lowest BCUT2D eigenvalue weighted by atomic mass is 10.2. The largest absolute Gasteiger partial charge is 0.545 e. The molecule has 0 amide bonds. The van der Waals surface area contributed by atoms with Gasteiger partial charge in [-0.05, 0) is 18.2 Å². The number of sulfonamides is 1. The predicted molar refractivity (Wildman–Crippen MR) is 81.1 cm³/mol. The van der Waals surface area contributed by atoms with E-state index in [-0.39, 0.29) is 5.69 Å². The number of carboxylic acid groups (broad SMARTS) is 1. The number of nitrogens with one attached hydrogen (secondary N) is 1. The summed E-state index contributed by atoms with van der Waals surface area (Å²) >= 11 is 0. The van der Waals surface area contributed by atoms with Gasteiger partial charge in [0.05, 0.1) is 30.8 Å². The van der Waals surface area contributed by atoms with Crippen molar-refractivity contribution in [3.8, 4) is 11.5 Å². The van der Waals surface area contributed by atoms with Crippen molar-refractivity contribution in [1.29, 1.82) is 0 Å². The minimum atomic E-state index is -4.15. The van der Waals surface area contributed by atoms with Crippen LogP contribution in [-0.4, -0.2) is 28.6 Å². The van der Waals surface area contributed by atoms with E-state index in [4.69, 9.17) is 9.47 Å². The average molecular weight is 354 g/mol. The van der Waals surface area contributed by atoms with Crippen LogP contribution < -0.4 is 19.3 Å². The van der Waals surface area contributed by atoms with E-state index < -0.39 is 32.3 Å². The van der Waals surface area contributed by atoms with E-state index in [1.807, 2.05) is 0 Å². The van der Waals surface area contributed by atoms with Crippen LogP contribution in [0.1, 0.15) is 10.4 Å². The molecule has 0 fully saturated rings. The van der Waals surface area contributed by atoms with Crippen molar-refractivity contribution < 1.29 is 32.2 Å². The molecule has 0 aliphatic heterocycles. The Morgan fingerprint density at radius 1 is 1.08 bits per heavy atom. The standard InChI is InChI=1S/C15H14FNO6S/c1-22-10-5-9(6-11(7-10)23-2)17-24(20,21)12-3-4-14(16)13(8-12)15(18)19/h3-8,17H,1-2H3,(H,18,19)/p-1. The van der Waals surface area contributed by atoms with E-state index in [0.29, 0.717) is 17.6 Å². The summed E-state index contributed by atoms with van der Waals surface area (Å²) < 4.78 is 50.4. The number of halogens is 1. The molecule has 0 saturated carbocycles. The van der Waals surface area contributed by atoms with E-state index in [0.717, 1.165) is 12.1 Å². The van der Waals surface area contributed by atoms with E-state index in [9.17, 15) is 22.7 Å². The molecule has 24 heavy (non-hydrogen) atoms. The Labute approximate surface area is 137 Å². The summed E-state index contributed by atoms with van der Waals surface area (Å²) in [5, 5.41) is 10.8. The van der Waals surface area contributed by atoms with E-state index in [2.05, 4.69) is 4.72 Å². The highest BCUT2D eigenvalue weighted by atomic mass is 32.2. The highest BCUT2D eigenvalue weighted by molar-refractivity contribution is 7.92. The molecule has 0 atom stereocenters. The van der Waals surface area contributed by atoms with Gasteiger partial charge in [0, 0.05) is 23.8 Å². The first-order valence-electron chi connectivity index (χ1n) is 6.53. The van der Waals surface area contributed by atoms with Gasteiger partial charge < -0.3 is 19.4 Å². The Bertz CT molecular complexity index is 859. The normalized spacial score (nSPS) is 11.0. The van der Waals surface area contributed by atoms with Gasteiger partial charge in [-0.1, -0.05) is 0 Å². The van der Waals surface area contributed by atoms with Crippen molar-refractivity contribution in [2.24, 2.45) is 0 Å². The molecule has 2 aromatic rings. The summed E-state index contributed by atoms with van der Waals surface area (Å²) in [6.07, 6.45) is 0. The maximum Gasteiger partial charge on any atom is 0.261 e. The molecule has 1 N–H and O–H groups in total. The maximum absolute atomic E-state index is 13.4. The molecule has 0 aliphatic rings. The van der Waals surface area contributed by atoms with E-state index in [1.165, 1.54) is 26.4 Å². The summed E-state index contributed by atoms with van der Waals surface area (Å²) in [5.41, 5.74) is -0.716. The predicted octanol–water partition coefficient (Wildman–Crippen LogP) is 1.01. The minimum Gasteiger partial charge on any atom is -0.545 e. The number of benzene rings is 2. The van der Waals surface area contributed by atoms with Crippen LogP contribution in [0.25, 0.3) is 0 Å². The quantitative estimate of drug-likeness (QED) is 0.830. The second kappa shape index (κ2) is 6.75. The first kappa shape index (κ1) is 17.5. The van der Waals surface area contributed by atoms with Crippen molar-refractivity contribution in [3.63, 3.8) is 0 Å². The first-order chi connectivity index (χ1) is 11.3. The Hall–Kier alpha value is -2.81. The second-order valence-electron chi connectivity index (χ2n) is 4.64. The van der Waals surface area contributed by atoms with Gasteiger partial charge in [-0.3, -0.25) is 4.72 Å². The van der Waals surface area contributed by atoms with Gasteiger partial charge in [0.2, 0.25) is 0 Å². The van der Waals surface area contributed by atoms with Crippen molar-refractivity contribution in [1.82, 2.24) is 0 Å². The van der Waals surface area contributed by atoms with Gasteiger partial charge in [-0.25, -0.2) is 12.8 Å². The third-order valence-electron chi connectivity index (χ3n) is 3.07. The number of carbonyl (C=O) groups is 1. The van der Waals surface area contributed by atoms with Crippen molar-refractivity contribution in [2.75, 3.05) is 18.9 Å². The number of anilines is 1. The van der Waals surface area contributed by atoms with Gasteiger partial charge in [0.1, 0.15) is 17.3 Å². The second-order valence-corrected chi connectivity index (χ2v) is 6.32. The Kier molecular flexibility index (Phi) is 4.93. The molecular weight excluding hydrogens is 341 g/mol. The van der Waals surface area contributed by atoms with Crippen LogP contribution in [0.3, 0.4) is 0 Å². The van der Waals surface area contributed by atoms with Crippen molar-refractivity contribution >= 4 is 21.7 Å². The average Bonchev–Trinajstić information content (AvgIpc) is 2.53. The van der Waals surface area contributed by atoms with Crippen LogP contribution in [0, 0.1) is 5.82 Å². The number of hydrogen-bond donors (Lipinski definition) is 1. The Balaban J connectivity index is 2.42. The summed E-state index contributed by atoms with van der Waals surface area (Å²) in [5.74, 6) is -2.20. The molecule has 0 radical (unpaired) electrons. The lowest BCUT2D eigenvalue weighted by Crippen LogP contribution is -2.24. The zero-order chi connectivity index (χ0) is 17.9. The molecule has 0 bridgehead atoms. The molecule has 2 aromatic carbocycles. The number of carbonyl (C=O) groups excluding carboxylic acids is 1. The number of methoxy groups -OCH3 is 2. The molecule has 0 aliphatic carbocycles. The van der Waals surface area contributed by atoms with Crippen LogP contribution in [0.15, 0.2) is 41.3 Å². The molecule has 7 nitrogen and oxygen atoms in total. The molecule has 128 valence electrons. The van der Waals surface area contributed by atoms with Crippen molar-refractivity contribution in [3.05, 3.63) is 47.8 Å². The van der Waals surface area contributed by atoms with Gasteiger partial charge in [0.15, 0.2) is 0 Å². The number of hydrogen-bond acceptors (Lipinski definition) is 6. The fourth-order valence-electron chi connectivity index (χ4n) is 1.91. The van der Waals surface area contributed by atoms with Gasteiger partial charge >= 0.3 is 0 Å². The monoisotopic (exact) mass is 354 g/mol. The molecule has 9 heteroatoms. The fourth-order valence-corrected chi connectivity index (χ4v) is 2.97. The Morgan fingerprint density at radius 3 is 2.17 bits per heavy atom. The third-order valence-corrected chi connectivity index (χ3v) is 4.45. The number of rotatable bonds is 6. The zero-order valence-corrected chi connectivity index (χ0v) is 13.5. The molecule has 0 aromatic heterocycles. The van der Waals surface area contributed by atoms with Gasteiger partial charge in [0.25, 0.3) is 10.0 Å². The van der Waals surface area contributed by atoms with E-state index >= 15 is 0 Å². The zero-order valence-electron chi connectivity index (χ0n) is 12.7. The smallest absolute Gasteiger partial charge is 0.261 e. The summed E-state index contributed by atoms with van der Waals surface area (Å²) in [6, 6.07) is 6.73. The summed E-state index contributed by atoms with van der Waals surface area (Å²) in [4.78, 5) is 10.4. The minimum absolute atomic E-state index is 0.130. The van der Waals surface area contributed by atoms with Crippen LogP contribution in [0.2, 0.25) is 0 Å². The van der Waals surface area contributed by atoms with Gasteiger partial charge in [-0.15, -0.1) is 0 Å². The topological polar surface area (TPSA) is 105 Å². The lowest BCUT2D eigenvalue weighted by Gasteiger charge is -2.12. The van der Waals surface area contributed by atoms with Crippen LogP contribution >= 0.6 is 0 Å². The summed E-state index contributed by atoms with van der Waals surface area (Å²) in [6.45, 7) is 0. The summed E-state index contributed by atoms with van der Waals surface area (Å²) in [7, 11) is -1.35. The molecular formula is C15H13FNO6S-. The van der Waals surface area contributed by atoms with Crippen LogP contribution in [0.4, 0.5) is 10.1 Å². The number of ether oxygens (including phenoxy) is 2. The molecule has 0 saturated heterocycles. The molecule has 0 spiro atoms.